The fourth-order valence-electron chi connectivity index (χ4n) is 2.08. The van der Waals surface area contributed by atoms with Gasteiger partial charge in [-0.15, -0.1) is 11.3 Å². The van der Waals surface area contributed by atoms with Crippen molar-refractivity contribution in [2.45, 2.75) is 13.8 Å². The standard InChI is InChI=1S/C12H13N5OS/c1-6-13-5-8-10(14-6)17(4)12-9(11(18)16(8)3)15-7(2)19-12/h5H,1-4H3. The van der Waals surface area contributed by atoms with E-state index in [9.17, 15) is 4.79 Å². The number of carbonyl (C=O) groups excluding carboxylic acids is 1. The Bertz CT molecular complexity index is 681. The minimum absolute atomic E-state index is 0.127. The lowest BCUT2D eigenvalue weighted by Crippen LogP contribution is -2.26. The van der Waals surface area contributed by atoms with E-state index in [0.717, 1.165) is 15.8 Å². The minimum Gasteiger partial charge on any atom is -0.317 e. The van der Waals surface area contributed by atoms with Crippen molar-refractivity contribution in [3.63, 3.8) is 0 Å². The molecule has 1 amide bonds. The van der Waals surface area contributed by atoms with Crippen molar-refractivity contribution in [2.24, 2.45) is 0 Å². The molecule has 0 atom stereocenters. The normalized spacial score (nSPS) is 14.2. The molecule has 19 heavy (non-hydrogen) atoms. The topological polar surface area (TPSA) is 62.2 Å². The molecule has 0 saturated heterocycles. The monoisotopic (exact) mass is 275 g/mol. The third-order valence-electron chi connectivity index (χ3n) is 3.08. The average molecular weight is 275 g/mol. The van der Waals surface area contributed by atoms with Crippen LogP contribution in [0, 0.1) is 13.8 Å². The van der Waals surface area contributed by atoms with Crippen molar-refractivity contribution >= 4 is 33.8 Å². The van der Waals surface area contributed by atoms with Crippen LogP contribution in [0.15, 0.2) is 6.20 Å². The summed E-state index contributed by atoms with van der Waals surface area (Å²) in [6, 6.07) is 0. The van der Waals surface area contributed by atoms with Gasteiger partial charge in [0.15, 0.2) is 11.5 Å². The number of hydrogen-bond donors (Lipinski definition) is 0. The van der Waals surface area contributed by atoms with Gasteiger partial charge in [0.25, 0.3) is 5.91 Å². The van der Waals surface area contributed by atoms with Gasteiger partial charge >= 0.3 is 0 Å². The van der Waals surface area contributed by atoms with Gasteiger partial charge in [-0.2, -0.15) is 0 Å². The zero-order valence-corrected chi connectivity index (χ0v) is 11.9. The Balaban J connectivity index is 2.30. The highest BCUT2D eigenvalue weighted by atomic mass is 32.1. The molecule has 0 N–H and O–H groups in total. The van der Waals surface area contributed by atoms with E-state index in [1.54, 1.807) is 18.1 Å². The second-order valence-electron chi connectivity index (χ2n) is 4.44. The summed E-state index contributed by atoms with van der Waals surface area (Å²) in [6.07, 6.45) is 1.68. The number of carbonyl (C=O) groups is 1. The summed E-state index contributed by atoms with van der Waals surface area (Å²) in [5.41, 5.74) is 1.17. The highest BCUT2D eigenvalue weighted by molar-refractivity contribution is 7.16. The van der Waals surface area contributed by atoms with Gasteiger partial charge in [-0.3, -0.25) is 4.79 Å². The summed E-state index contributed by atoms with van der Waals surface area (Å²) in [6.45, 7) is 3.73. The van der Waals surface area contributed by atoms with Crippen molar-refractivity contribution in [1.82, 2.24) is 15.0 Å². The van der Waals surface area contributed by atoms with E-state index >= 15 is 0 Å². The highest BCUT2D eigenvalue weighted by Gasteiger charge is 2.31. The van der Waals surface area contributed by atoms with Crippen molar-refractivity contribution < 1.29 is 4.79 Å². The molecule has 1 aliphatic rings. The lowest BCUT2D eigenvalue weighted by atomic mass is 10.3. The molecule has 0 fully saturated rings. The summed E-state index contributed by atoms with van der Waals surface area (Å²) in [4.78, 5) is 28.8. The predicted octanol–water partition coefficient (Wildman–Crippen LogP) is 1.91. The van der Waals surface area contributed by atoms with E-state index in [1.165, 1.54) is 11.3 Å². The van der Waals surface area contributed by atoms with Crippen LogP contribution in [0.2, 0.25) is 0 Å². The maximum absolute atomic E-state index is 12.4. The van der Waals surface area contributed by atoms with E-state index < -0.39 is 0 Å². The van der Waals surface area contributed by atoms with E-state index in [1.807, 2.05) is 25.8 Å². The van der Waals surface area contributed by atoms with E-state index in [0.29, 0.717) is 17.2 Å². The van der Waals surface area contributed by atoms with Gasteiger partial charge in [0.1, 0.15) is 16.5 Å². The summed E-state index contributed by atoms with van der Waals surface area (Å²) in [5, 5.41) is 1.69. The first kappa shape index (κ1) is 12.0. The van der Waals surface area contributed by atoms with Gasteiger partial charge in [-0.25, -0.2) is 15.0 Å². The molecule has 0 radical (unpaired) electrons. The Morgan fingerprint density at radius 1 is 1.16 bits per heavy atom. The van der Waals surface area contributed by atoms with E-state index in [-0.39, 0.29) is 5.91 Å². The Morgan fingerprint density at radius 3 is 2.63 bits per heavy atom. The highest BCUT2D eigenvalue weighted by Crippen LogP contribution is 2.40. The zero-order chi connectivity index (χ0) is 13.7. The van der Waals surface area contributed by atoms with Crippen molar-refractivity contribution in [1.29, 1.82) is 0 Å². The van der Waals surface area contributed by atoms with Crippen molar-refractivity contribution in [3.8, 4) is 0 Å². The Labute approximate surface area is 114 Å². The lowest BCUT2D eigenvalue weighted by molar-refractivity contribution is 0.0990. The number of fused-ring (bicyclic) bond motifs is 2. The van der Waals surface area contributed by atoms with Crippen molar-refractivity contribution in [3.05, 3.63) is 22.7 Å². The molecule has 0 aromatic carbocycles. The van der Waals surface area contributed by atoms with E-state index in [4.69, 9.17) is 0 Å². The van der Waals surface area contributed by atoms with Crippen LogP contribution in [0.5, 0.6) is 0 Å². The number of thiazole rings is 1. The summed E-state index contributed by atoms with van der Waals surface area (Å²) in [5.74, 6) is 1.28. The molecule has 2 aromatic rings. The maximum Gasteiger partial charge on any atom is 0.279 e. The van der Waals surface area contributed by atoms with Crippen LogP contribution >= 0.6 is 11.3 Å². The molecule has 0 unspecified atom stereocenters. The molecule has 6 nitrogen and oxygen atoms in total. The molecule has 0 bridgehead atoms. The third kappa shape index (κ3) is 1.69. The first-order valence-electron chi connectivity index (χ1n) is 5.82. The Hall–Kier alpha value is -2.02. The van der Waals surface area contributed by atoms with Crippen LogP contribution in [-0.4, -0.2) is 35.0 Å². The Kier molecular flexibility index (Phi) is 2.53. The minimum atomic E-state index is -0.127. The number of nitrogens with zero attached hydrogens (tertiary/aromatic N) is 5. The Morgan fingerprint density at radius 2 is 1.89 bits per heavy atom. The molecule has 98 valence electrons. The molecular formula is C12H13N5OS. The fourth-order valence-corrected chi connectivity index (χ4v) is 2.95. The quantitative estimate of drug-likeness (QED) is 0.735. The molecule has 2 aromatic heterocycles. The number of anilines is 3. The third-order valence-corrected chi connectivity index (χ3v) is 4.12. The molecule has 0 spiro atoms. The van der Waals surface area contributed by atoms with Gasteiger partial charge in [0.2, 0.25) is 0 Å². The van der Waals surface area contributed by atoms with E-state index in [2.05, 4.69) is 15.0 Å². The zero-order valence-electron chi connectivity index (χ0n) is 11.1. The second kappa shape index (κ2) is 3.99. The molecule has 3 heterocycles. The SMILES string of the molecule is Cc1ncc2c(n1)N(C)c1sc(C)nc1C(=O)N2C. The molecule has 0 saturated carbocycles. The van der Waals surface area contributed by atoms with Crippen LogP contribution in [0.4, 0.5) is 16.5 Å². The van der Waals surface area contributed by atoms with Crippen LogP contribution in [0.1, 0.15) is 21.3 Å². The largest absolute Gasteiger partial charge is 0.317 e. The van der Waals surface area contributed by atoms with Crippen molar-refractivity contribution in [2.75, 3.05) is 23.9 Å². The van der Waals surface area contributed by atoms with Gasteiger partial charge in [-0.1, -0.05) is 0 Å². The summed E-state index contributed by atoms with van der Waals surface area (Å²) < 4.78 is 0. The number of rotatable bonds is 0. The van der Waals surface area contributed by atoms with Gasteiger partial charge in [0, 0.05) is 14.1 Å². The fraction of sp³-hybridized carbons (Fsp3) is 0.333. The van der Waals surface area contributed by atoms with Gasteiger partial charge in [0.05, 0.1) is 11.2 Å². The van der Waals surface area contributed by atoms with Crippen LogP contribution in [-0.2, 0) is 0 Å². The first-order valence-corrected chi connectivity index (χ1v) is 6.63. The predicted molar refractivity (Wildman–Crippen MR) is 74.4 cm³/mol. The molecule has 1 aliphatic heterocycles. The molecule has 0 aliphatic carbocycles. The maximum atomic E-state index is 12.4. The van der Waals surface area contributed by atoms with Crippen LogP contribution in [0.3, 0.4) is 0 Å². The van der Waals surface area contributed by atoms with Crippen LogP contribution < -0.4 is 9.80 Å². The molecule has 7 heteroatoms. The smallest absolute Gasteiger partial charge is 0.279 e. The summed E-state index contributed by atoms with van der Waals surface area (Å²) >= 11 is 1.49. The average Bonchev–Trinajstić information content (AvgIpc) is 2.75. The number of aryl methyl sites for hydroxylation is 2. The number of amides is 1. The molecule has 3 rings (SSSR count). The number of hydrogen-bond acceptors (Lipinski definition) is 6. The summed E-state index contributed by atoms with van der Waals surface area (Å²) in [7, 11) is 3.62. The second-order valence-corrected chi connectivity index (χ2v) is 5.62. The van der Waals surface area contributed by atoms with Gasteiger partial charge < -0.3 is 9.80 Å². The van der Waals surface area contributed by atoms with Crippen LogP contribution in [0.25, 0.3) is 0 Å². The number of aromatic nitrogens is 3. The van der Waals surface area contributed by atoms with Gasteiger partial charge in [-0.05, 0) is 13.8 Å². The lowest BCUT2D eigenvalue weighted by Gasteiger charge is -2.19. The first-order chi connectivity index (χ1) is 8.99. The molecular weight excluding hydrogens is 262 g/mol.